The first-order valence-electron chi connectivity index (χ1n) is 4.06. The second-order valence-corrected chi connectivity index (χ2v) is 5.71. The van der Waals surface area contributed by atoms with Crippen molar-refractivity contribution in [3.05, 3.63) is 16.3 Å². The molecule has 0 spiro atoms. The van der Waals surface area contributed by atoms with Crippen molar-refractivity contribution in [2.45, 2.75) is 24.8 Å². The zero-order valence-corrected chi connectivity index (χ0v) is 9.47. The molecular weight excluding hydrogens is 224 g/mol. The van der Waals surface area contributed by atoms with Gasteiger partial charge in [0.2, 0.25) is 0 Å². The molecule has 1 aromatic rings. The molecule has 1 atom stereocenters. The maximum Gasteiger partial charge on any atom is 0.295 e. The number of rotatable bonds is 3. The third-order valence-electron chi connectivity index (χ3n) is 1.82. The van der Waals surface area contributed by atoms with Crippen LogP contribution in [-0.2, 0) is 10.1 Å². The average molecular weight is 236 g/mol. The van der Waals surface area contributed by atoms with Crippen LogP contribution in [0.15, 0.2) is 16.3 Å². The molecule has 0 aliphatic heterocycles. The highest BCUT2D eigenvalue weighted by atomic mass is 32.2. The van der Waals surface area contributed by atoms with Crippen molar-refractivity contribution in [3.8, 4) is 0 Å². The fourth-order valence-electron chi connectivity index (χ4n) is 0.953. The number of aliphatic hydroxyl groups excluding tert-OH is 1. The van der Waals surface area contributed by atoms with Crippen LogP contribution in [-0.4, -0.2) is 18.1 Å². The Kier molecular flexibility index (Phi) is 3.31. The molecule has 0 aliphatic carbocycles. The Morgan fingerprint density at radius 3 is 2.36 bits per heavy atom. The van der Waals surface area contributed by atoms with Crippen LogP contribution in [0.5, 0.6) is 0 Å². The van der Waals surface area contributed by atoms with E-state index in [-0.39, 0.29) is 10.8 Å². The van der Waals surface area contributed by atoms with Gasteiger partial charge in [-0.2, -0.15) is 8.42 Å². The lowest BCUT2D eigenvalue weighted by atomic mass is 10.1. The molecule has 80 valence electrons. The van der Waals surface area contributed by atoms with E-state index >= 15 is 0 Å². The minimum Gasteiger partial charge on any atom is -0.387 e. The summed E-state index contributed by atoms with van der Waals surface area (Å²) >= 11 is 1.12. The average Bonchev–Trinajstić information content (AvgIpc) is 2.49. The van der Waals surface area contributed by atoms with Crippen LogP contribution in [0.25, 0.3) is 0 Å². The van der Waals surface area contributed by atoms with Gasteiger partial charge >= 0.3 is 0 Å². The summed E-state index contributed by atoms with van der Waals surface area (Å²) in [6.45, 7) is 3.66. The zero-order valence-electron chi connectivity index (χ0n) is 7.84. The predicted octanol–water partition coefficient (Wildman–Crippen LogP) is 1.68. The molecule has 0 amide bonds. The number of hydrogen-bond acceptors (Lipinski definition) is 4. The molecule has 1 rings (SSSR count). The van der Waals surface area contributed by atoms with Crippen molar-refractivity contribution in [1.82, 2.24) is 0 Å². The number of aliphatic hydroxyl groups is 1. The van der Waals surface area contributed by atoms with Crippen molar-refractivity contribution in [1.29, 1.82) is 0 Å². The monoisotopic (exact) mass is 236 g/mol. The van der Waals surface area contributed by atoms with E-state index in [1.54, 1.807) is 0 Å². The SMILES string of the molecule is CC(C)C(O)c1cc(S(=O)(=O)O)cs1. The van der Waals surface area contributed by atoms with Gasteiger partial charge in [-0.15, -0.1) is 11.3 Å². The number of hydrogen-bond donors (Lipinski definition) is 2. The lowest BCUT2D eigenvalue weighted by molar-refractivity contribution is 0.130. The quantitative estimate of drug-likeness (QED) is 0.783. The summed E-state index contributed by atoms with van der Waals surface area (Å²) in [6, 6.07) is 1.30. The Hall–Kier alpha value is -0.430. The van der Waals surface area contributed by atoms with Gasteiger partial charge in [0.25, 0.3) is 10.1 Å². The maximum absolute atomic E-state index is 10.7. The Morgan fingerprint density at radius 2 is 2.00 bits per heavy atom. The van der Waals surface area contributed by atoms with Gasteiger partial charge in [-0.3, -0.25) is 4.55 Å². The predicted molar refractivity (Wildman–Crippen MR) is 53.9 cm³/mol. The third kappa shape index (κ3) is 2.54. The summed E-state index contributed by atoms with van der Waals surface area (Å²) in [6.07, 6.45) is -0.685. The van der Waals surface area contributed by atoms with E-state index in [0.717, 1.165) is 11.3 Å². The van der Waals surface area contributed by atoms with Crippen molar-refractivity contribution < 1.29 is 18.1 Å². The normalized spacial score (nSPS) is 14.6. The van der Waals surface area contributed by atoms with Crippen LogP contribution in [0.1, 0.15) is 24.8 Å². The maximum atomic E-state index is 10.7. The van der Waals surface area contributed by atoms with Gasteiger partial charge < -0.3 is 5.11 Å². The fraction of sp³-hybridized carbons (Fsp3) is 0.500. The van der Waals surface area contributed by atoms with Gasteiger partial charge in [-0.25, -0.2) is 0 Å². The Labute approximate surface area is 87.0 Å². The van der Waals surface area contributed by atoms with E-state index in [1.165, 1.54) is 11.4 Å². The molecule has 0 bridgehead atoms. The summed E-state index contributed by atoms with van der Waals surface area (Å²) in [7, 11) is -4.14. The van der Waals surface area contributed by atoms with Crippen LogP contribution in [0.4, 0.5) is 0 Å². The summed E-state index contributed by atoms with van der Waals surface area (Å²) in [5, 5.41) is 10.9. The molecule has 0 fully saturated rings. The molecule has 0 saturated heterocycles. The van der Waals surface area contributed by atoms with Gasteiger partial charge in [0, 0.05) is 10.3 Å². The molecule has 1 aromatic heterocycles. The first-order chi connectivity index (χ1) is 6.32. The minimum absolute atomic E-state index is 0.0166. The molecular formula is C8H12O4S2. The van der Waals surface area contributed by atoms with Crippen molar-refractivity contribution in [2.75, 3.05) is 0 Å². The number of thiophene rings is 1. The molecule has 0 aromatic carbocycles. The lowest BCUT2D eigenvalue weighted by Crippen LogP contribution is -2.03. The molecule has 0 saturated carbocycles. The van der Waals surface area contributed by atoms with E-state index in [9.17, 15) is 13.5 Å². The molecule has 0 radical (unpaired) electrons. The third-order valence-corrected chi connectivity index (χ3v) is 3.80. The van der Waals surface area contributed by atoms with Gasteiger partial charge in [-0.05, 0) is 12.0 Å². The molecule has 1 unspecified atom stereocenters. The fourth-order valence-corrected chi connectivity index (χ4v) is 2.86. The molecule has 2 N–H and O–H groups in total. The van der Waals surface area contributed by atoms with E-state index in [1.807, 2.05) is 13.8 Å². The van der Waals surface area contributed by atoms with E-state index in [4.69, 9.17) is 4.55 Å². The van der Waals surface area contributed by atoms with E-state index < -0.39 is 16.2 Å². The van der Waals surface area contributed by atoms with Crippen molar-refractivity contribution in [2.24, 2.45) is 5.92 Å². The van der Waals surface area contributed by atoms with Crippen LogP contribution in [0, 0.1) is 5.92 Å². The van der Waals surface area contributed by atoms with Crippen molar-refractivity contribution in [3.63, 3.8) is 0 Å². The van der Waals surface area contributed by atoms with Crippen LogP contribution in [0.2, 0.25) is 0 Å². The summed E-state index contributed by atoms with van der Waals surface area (Å²) in [4.78, 5) is 0.393. The van der Waals surface area contributed by atoms with Crippen LogP contribution < -0.4 is 0 Å². The van der Waals surface area contributed by atoms with Gasteiger partial charge in [-0.1, -0.05) is 13.8 Å². The first kappa shape index (κ1) is 11.6. The molecule has 0 aliphatic rings. The summed E-state index contributed by atoms with van der Waals surface area (Å²) in [5.74, 6) is 0.0166. The first-order valence-corrected chi connectivity index (χ1v) is 6.38. The molecule has 14 heavy (non-hydrogen) atoms. The largest absolute Gasteiger partial charge is 0.387 e. The van der Waals surface area contributed by atoms with Gasteiger partial charge in [0.1, 0.15) is 4.90 Å². The smallest absolute Gasteiger partial charge is 0.295 e. The Morgan fingerprint density at radius 1 is 1.43 bits per heavy atom. The molecule has 1 heterocycles. The van der Waals surface area contributed by atoms with Crippen LogP contribution in [0.3, 0.4) is 0 Å². The van der Waals surface area contributed by atoms with Crippen molar-refractivity contribution >= 4 is 21.5 Å². The zero-order chi connectivity index (χ0) is 10.9. The lowest BCUT2D eigenvalue weighted by Gasteiger charge is -2.11. The Bertz CT molecular complexity index is 405. The highest BCUT2D eigenvalue weighted by Crippen LogP contribution is 2.29. The van der Waals surface area contributed by atoms with E-state index in [0.29, 0.717) is 4.88 Å². The second-order valence-electron chi connectivity index (χ2n) is 3.35. The topological polar surface area (TPSA) is 74.6 Å². The van der Waals surface area contributed by atoms with Gasteiger partial charge in [0.15, 0.2) is 0 Å². The summed E-state index contributed by atoms with van der Waals surface area (Å²) < 4.78 is 30.2. The van der Waals surface area contributed by atoms with E-state index in [2.05, 4.69) is 0 Å². The highest BCUT2D eigenvalue weighted by molar-refractivity contribution is 7.86. The minimum atomic E-state index is -4.14. The molecule has 4 nitrogen and oxygen atoms in total. The second kappa shape index (κ2) is 3.98. The standard InChI is InChI=1S/C8H12O4S2/c1-5(2)8(9)7-3-6(4-13-7)14(10,11)12/h3-5,8-9H,1-2H3,(H,10,11,12). The Balaban J connectivity index is 3.00. The summed E-state index contributed by atoms with van der Waals surface area (Å²) in [5.41, 5.74) is 0. The van der Waals surface area contributed by atoms with Gasteiger partial charge in [0.05, 0.1) is 6.10 Å². The highest BCUT2D eigenvalue weighted by Gasteiger charge is 2.18. The molecule has 6 heteroatoms. The van der Waals surface area contributed by atoms with Crippen LogP contribution >= 0.6 is 11.3 Å².